The summed E-state index contributed by atoms with van der Waals surface area (Å²) in [6, 6.07) is 4.95. The van der Waals surface area contributed by atoms with Crippen molar-refractivity contribution >= 4 is 53.1 Å². The van der Waals surface area contributed by atoms with Crippen LogP contribution in [0.3, 0.4) is 0 Å². The molecule has 2 aromatic rings. The molecule has 2 atom stereocenters. The van der Waals surface area contributed by atoms with Crippen molar-refractivity contribution in [2.75, 3.05) is 18.5 Å². The van der Waals surface area contributed by atoms with Crippen molar-refractivity contribution in [3.63, 3.8) is 0 Å². The van der Waals surface area contributed by atoms with Crippen LogP contribution in [0.15, 0.2) is 22.5 Å². The first-order valence-corrected chi connectivity index (χ1v) is 13.6. The molecule has 3 rings (SSSR count). The molecular weight excluding hydrogens is 538 g/mol. The number of esters is 2. The Bertz CT molecular complexity index is 1340. The highest BCUT2D eigenvalue weighted by atomic mass is 32.1. The van der Waals surface area contributed by atoms with Gasteiger partial charge in [-0.15, -0.1) is 11.3 Å². The number of aliphatic imine (C=N–C) groups is 1. The average Bonchev–Trinajstić information content (AvgIpc) is 3.53. The first kappa shape index (κ1) is 30.4. The minimum Gasteiger partial charge on any atom is -0.466 e. The Balaban J connectivity index is 1.65. The predicted molar refractivity (Wildman–Crippen MR) is 149 cm³/mol. The van der Waals surface area contributed by atoms with E-state index in [0.29, 0.717) is 27.6 Å². The van der Waals surface area contributed by atoms with Gasteiger partial charge in [0.1, 0.15) is 24.0 Å². The number of ether oxygens (including phenoxy) is 2. The van der Waals surface area contributed by atoms with Crippen LogP contribution >= 0.6 is 11.3 Å². The molecule has 0 spiro atoms. The molecule has 3 heterocycles. The molecule has 13 heteroatoms. The average molecular weight is 572 g/mol. The number of carbonyl (C=O) groups is 4. The predicted octanol–water partition coefficient (Wildman–Crippen LogP) is 3.04. The zero-order valence-electron chi connectivity index (χ0n) is 23.0. The fourth-order valence-electron chi connectivity index (χ4n) is 3.43. The maximum atomic E-state index is 12.8. The lowest BCUT2D eigenvalue weighted by Crippen LogP contribution is -2.42. The molecule has 2 amide bonds. The van der Waals surface area contributed by atoms with Crippen molar-refractivity contribution in [3.05, 3.63) is 33.5 Å². The van der Waals surface area contributed by atoms with E-state index in [-0.39, 0.29) is 32.0 Å². The van der Waals surface area contributed by atoms with Gasteiger partial charge in [-0.25, -0.2) is 9.79 Å². The highest BCUT2D eigenvalue weighted by molar-refractivity contribution is 7.12. The quantitative estimate of drug-likeness (QED) is 0.264. The lowest BCUT2D eigenvalue weighted by atomic mass is 9.96. The lowest BCUT2D eigenvalue weighted by molar-refractivity contribution is -0.146. The molecule has 0 aromatic carbocycles. The smallest absolute Gasteiger partial charge is 0.328 e. The van der Waals surface area contributed by atoms with Gasteiger partial charge in [0.05, 0.1) is 18.1 Å². The van der Waals surface area contributed by atoms with Gasteiger partial charge in [-0.2, -0.15) is 0 Å². The molecule has 2 aromatic heterocycles. The molecule has 214 valence electrons. The van der Waals surface area contributed by atoms with Crippen LogP contribution in [0.2, 0.25) is 0 Å². The van der Waals surface area contributed by atoms with Gasteiger partial charge in [-0.05, 0) is 38.3 Å². The van der Waals surface area contributed by atoms with Crippen LogP contribution in [0.5, 0.6) is 0 Å². The monoisotopic (exact) mass is 571 g/mol. The van der Waals surface area contributed by atoms with E-state index < -0.39 is 35.5 Å². The van der Waals surface area contributed by atoms with E-state index in [4.69, 9.17) is 9.47 Å². The number of fused-ring (bicyclic) bond motifs is 1. The number of aliphatic hydroxyl groups is 1. The minimum absolute atomic E-state index is 0.0381. The van der Waals surface area contributed by atoms with E-state index in [9.17, 15) is 24.3 Å². The van der Waals surface area contributed by atoms with Gasteiger partial charge in [0.25, 0.3) is 5.91 Å². The zero-order valence-corrected chi connectivity index (χ0v) is 23.8. The van der Waals surface area contributed by atoms with E-state index >= 15 is 0 Å². The molecule has 0 saturated heterocycles. The summed E-state index contributed by atoms with van der Waals surface area (Å²) in [5.74, 6) is 1.89. The number of aliphatic hydroxyl groups excluding tert-OH is 1. The molecule has 40 heavy (non-hydrogen) atoms. The molecule has 12 nitrogen and oxygen atoms in total. The second kappa shape index (κ2) is 13.3. The van der Waals surface area contributed by atoms with Crippen LogP contribution < -0.4 is 10.6 Å². The fourth-order valence-corrected chi connectivity index (χ4v) is 4.17. The standard InChI is InChI=1S/C27H33N5O7S/c1-6-38-21(33)9-8-18(25(36)39-7-2)29-23(34)19-12-16(14-40-19)10-11-32-15-28-22-17(24(32)35)13-20(30-22)31-26(37)27(3,4)5/h12-15,18,24,30,35H,6-9H2,1-5H3,(H,29,34)(H,31,37)/t18-,24?/m1/s1. The van der Waals surface area contributed by atoms with Crippen LogP contribution in [-0.4, -0.2) is 64.3 Å². The van der Waals surface area contributed by atoms with Crippen molar-refractivity contribution in [2.24, 2.45) is 10.4 Å². The summed E-state index contributed by atoms with van der Waals surface area (Å²) < 4.78 is 9.92. The van der Waals surface area contributed by atoms with Crippen molar-refractivity contribution in [1.29, 1.82) is 0 Å². The van der Waals surface area contributed by atoms with Crippen molar-refractivity contribution in [1.82, 2.24) is 15.2 Å². The Kier molecular flexibility index (Phi) is 10.1. The van der Waals surface area contributed by atoms with E-state index in [1.807, 2.05) is 0 Å². The number of hydrogen-bond acceptors (Lipinski definition) is 10. The summed E-state index contributed by atoms with van der Waals surface area (Å²) in [6.45, 7) is 9.06. The van der Waals surface area contributed by atoms with Gasteiger partial charge in [0, 0.05) is 34.4 Å². The number of aromatic nitrogens is 1. The summed E-state index contributed by atoms with van der Waals surface area (Å²) in [6.07, 6.45) is 0.212. The Hall–Kier alpha value is -4.15. The van der Waals surface area contributed by atoms with Crippen molar-refractivity contribution in [2.45, 2.75) is 59.7 Å². The first-order valence-electron chi connectivity index (χ1n) is 12.7. The summed E-state index contributed by atoms with van der Waals surface area (Å²) in [5, 5.41) is 17.8. The van der Waals surface area contributed by atoms with Crippen LogP contribution in [0.1, 0.15) is 74.5 Å². The SMILES string of the molecule is CCOC(=O)CC[C@@H](NC(=O)c1cc(C#CN2C=Nc3[nH]c(NC(=O)C(C)(C)C)cc3C2O)cs1)C(=O)OCC. The molecule has 1 aliphatic rings. The number of rotatable bonds is 9. The molecule has 0 aliphatic carbocycles. The minimum atomic E-state index is -1.14. The Labute approximate surface area is 236 Å². The van der Waals surface area contributed by atoms with Gasteiger partial charge in [-0.3, -0.25) is 19.3 Å². The Morgan fingerprint density at radius 1 is 1.20 bits per heavy atom. The number of anilines is 1. The van der Waals surface area contributed by atoms with Gasteiger partial charge >= 0.3 is 11.9 Å². The molecule has 1 aliphatic heterocycles. The van der Waals surface area contributed by atoms with Gasteiger partial charge in [0.15, 0.2) is 6.23 Å². The third kappa shape index (κ3) is 7.93. The first-order chi connectivity index (χ1) is 18.9. The second-order valence-electron chi connectivity index (χ2n) is 9.77. The van der Waals surface area contributed by atoms with Gasteiger partial charge in [0.2, 0.25) is 5.91 Å². The molecule has 0 saturated carbocycles. The maximum Gasteiger partial charge on any atom is 0.328 e. The third-order valence-corrected chi connectivity index (χ3v) is 6.51. The van der Waals surface area contributed by atoms with Crippen molar-refractivity contribution < 1.29 is 33.8 Å². The number of carbonyl (C=O) groups excluding carboxylic acids is 4. The van der Waals surface area contributed by atoms with E-state index in [1.165, 1.54) is 11.2 Å². The Morgan fingerprint density at radius 3 is 2.60 bits per heavy atom. The normalized spacial score (nSPS) is 14.8. The fraction of sp³-hybridized carbons (Fsp3) is 0.444. The highest BCUT2D eigenvalue weighted by Gasteiger charge is 2.27. The molecule has 0 fully saturated rings. The topological polar surface area (TPSA) is 162 Å². The molecular formula is C27H33N5O7S. The van der Waals surface area contributed by atoms with E-state index in [1.54, 1.807) is 52.1 Å². The molecule has 1 unspecified atom stereocenters. The summed E-state index contributed by atoms with van der Waals surface area (Å²) in [7, 11) is 0. The third-order valence-electron chi connectivity index (χ3n) is 5.58. The van der Waals surface area contributed by atoms with E-state index in [0.717, 1.165) is 11.3 Å². The number of amides is 2. The van der Waals surface area contributed by atoms with Crippen LogP contribution in [0, 0.1) is 17.4 Å². The highest BCUT2D eigenvalue weighted by Crippen LogP contribution is 2.33. The second-order valence-corrected chi connectivity index (χ2v) is 10.7. The number of nitrogens with one attached hydrogen (secondary N) is 3. The van der Waals surface area contributed by atoms with Gasteiger partial charge in [-0.1, -0.05) is 20.8 Å². The van der Waals surface area contributed by atoms with Crippen LogP contribution in [-0.2, 0) is 23.9 Å². The van der Waals surface area contributed by atoms with Crippen LogP contribution in [0.25, 0.3) is 0 Å². The number of hydrogen-bond donors (Lipinski definition) is 4. The molecule has 0 radical (unpaired) electrons. The Morgan fingerprint density at radius 2 is 1.93 bits per heavy atom. The molecule has 4 N–H and O–H groups in total. The number of thiophene rings is 1. The number of H-pyrrole nitrogens is 1. The number of nitrogens with zero attached hydrogens (tertiary/aromatic N) is 2. The molecule has 0 bridgehead atoms. The van der Waals surface area contributed by atoms with Gasteiger partial charge < -0.3 is 30.2 Å². The zero-order chi connectivity index (χ0) is 29.4. The van der Waals surface area contributed by atoms with Crippen molar-refractivity contribution in [3.8, 4) is 12.0 Å². The maximum absolute atomic E-state index is 12.8. The summed E-state index contributed by atoms with van der Waals surface area (Å²) >= 11 is 1.13. The van der Waals surface area contributed by atoms with Crippen LogP contribution in [0.4, 0.5) is 11.6 Å². The number of aromatic amines is 1. The summed E-state index contributed by atoms with van der Waals surface area (Å²) in [4.78, 5) is 57.9. The summed E-state index contributed by atoms with van der Waals surface area (Å²) in [5.41, 5.74) is 0.358. The lowest BCUT2D eigenvalue weighted by Gasteiger charge is -2.22. The van der Waals surface area contributed by atoms with E-state index in [2.05, 4.69) is 32.6 Å². The largest absolute Gasteiger partial charge is 0.466 e.